The first-order valence-corrected chi connectivity index (χ1v) is 7.64. The molecule has 0 aliphatic carbocycles. The molecule has 0 bridgehead atoms. The Kier molecular flexibility index (Phi) is 4.43. The number of hydrogen-bond donors (Lipinski definition) is 3. The van der Waals surface area contributed by atoms with Crippen LogP contribution in [-0.2, 0) is 4.79 Å². The number of rotatable bonds is 3. The molecule has 0 spiro atoms. The van der Waals surface area contributed by atoms with Gasteiger partial charge in [0.1, 0.15) is 6.04 Å². The van der Waals surface area contributed by atoms with Gasteiger partial charge in [-0.1, -0.05) is 41.9 Å². The topological polar surface area (TPSA) is 53.2 Å². The van der Waals surface area contributed by atoms with E-state index in [4.69, 9.17) is 11.6 Å². The van der Waals surface area contributed by atoms with Crippen molar-refractivity contribution in [3.63, 3.8) is 0 Å². The van der Waals surface area contributed by atoms with E-state index in [1.165, 1.54) is 5.56 Å². The van der Waals surface area contributed by atoms with Gasteiger partial charge in [0.25, 0.3) is 0 Å². The minimum atomic E-state index is -0.264. The van der Waals surface area contributed by atoms with Crippen molar-refractivity contribution in [2.75, 3.05) is 5.32 Å². The molecule has 0 aromatic heterocycles. The number of aryl methyl sites for hydroxylation is 1. The van der Waals surface area contributed by atoms with Gasteiger partial charge in [0, 0.05) is 16.8 Å². The molecule has 1 aliphatic rings. The second-order valence-electron chi connectivity index (χ2n) is 5.49. The molecule has 1 amide bonds. The molecular formula is C17H18ClN3O. The quantitative estimate of drug-likeness (QED) is 0.815. The number of anilines is 1. The molecule has 2 unspecified atom stereocenters. The smallest absolute Gasteiger partial charge is 0.242 e. The molecule has 2 aromatic rings. The van der Waals surface area contributed by atoms with Crippen molar-refractivity contribution in [1.29, 1.82) is 0 Å². The number of carbonyl (C=O) groups excluding carboxylic acids is 1. The lowest BCUT2D eigenvalue weighted by molar-refractivity contribution is -0.117. The van der Waals surface area contributed by atoms with E-state index >= 15 is 0 Å². The van der Waals surface area contributed by atoms with Crippen LogP contribution in [0.4, 0.5) is 5.69 Å². The molecule has 1 aliphatic heterocycles. The van der Waals surface area contributed by atoms with E-state index < -0.39 is 0 Å². The second kappa shape index (κ2) is 6.48. The molecule has 0 radical (unpaired) electrons. The fourth-order valence-corrected chi connectivity index (χ4v) is 2.85. The Balaban J connectivity index is 1.64. The summed E-state index contributed by atoms with van der Waals surface area (Å²) in [6.45, 7) is 1.93. The van der Waals surface area contributed by atoms with Crippen molar-refractivity contribution in [2.24, 2.45) is 0 Å². The Morgan fingerprint density at radius 2 is 1.95 bits per heavy atom. The monoisotopic (exact) mass is 315 g/mol. The summed E-state index contributed by atoms with van der Waals surface area (Å²) in [7, 11) is 0. The number of amides is 1. The van der Waals surface area contributed by atoms with Gasteiger partial charge < -0.3 is 5.32 Å². The lowest BCUT2D eigenvalue weighted by Gasteiger charge is -2.12. The van der Waals surface area contributed by atoms with Crippen LogP contribution in [0.1, 0.15) is 23.6 Å². The third-order valence-corrected chi connectivity index (χ3v) is 4.10. The Hall–Kier alpha value is -1.88. The number of nitrogens with one attached hydrogen (secondary N) is 3. The highest BCUT2D eigenvalue weighted by atomic mass is 35.5. The van der Waals surface area contributed by atoms with Crippen LogP contribution in [0, 0.1) is 6.92 Å². The predicted octanol–water partition coefficient (Wildman–Crippen LogP) is 3.19. The minimum Gasteiger partial charge on any atom is -0.324 e. The zero-order valence-electron chi connectivity index (χ0n) is 12.3. The lowest BCUT2D eigenvalue weighted by Crippen LogP contribution is -2.39. The molecule has 1 heterocycles. The number of carbonyl (C=O) groups is 1. The normalized spacial score (nSPS) is 20.8. The van der Waals surface area contributed by atoms with E-state index in [9.17, 15) is 4.79 Å². The van der Waals surface area contributed by atoms with Crippen LogP contribution in [0.2, 0.25) is 5.02 Å². The van der Waals surface area contributed by atoms with Crippen LogP contribution in [0.15, 0.2) is 48.5 Å². The van der Waals surface area contributed by atoms with Gasteiger partial charge in [-0.3, -0.25) is 4.79 Å². The second-order valence-corrected chi connectivity index (χ2v) is 5.93. The summed E-state index contributed by atoms with van der Waals surface area (Å²) in [5, 5.41) is 3.62. The number of benzene rings is 2. The maximum atomic E-state index is 12.4. The van der Waals surface area contributed by atoms with E-state index in [2.05, 4.69) is 28.3 Å². The third kappa shape index (κ3) is 3.30. The predicted molar refractivity (Wildman–Crippen MR) is 88.7 cm³/mol. The summed E-state index contributed by atoms with van der Waals surface area (Å²) < 4.78 is 0. The zero-order valence-corrected chi connectivity index (χ0v) is 13.0. The highest BCUT2D eigenvalue weighted by Gasteiger charge is 2.30. The molecule has 2 atom stereocenters. The molecular weight excluding hydrogens is 298 g/mol. The van der Waals surface area contributed by atoms with Gasteiger partial charge in [-0.15, -0.1) is 0 Å². The summed E-state index contributed by atoms with van der Waals surface area (Å²) >= 11 is 5.93. The SMILES string of the molecule is Cc1cc(Cl)ccc1NC(=O)C1CC(c2ccccc2)NN1. The standard InChI is InChI=1S/C17H18ClN3O/c1-11-9-13(18)7-8-14(11)19-17(22)16-10-15(20-21-16)12-5-3-2-4-6-12/h2-9,15-16,20-21H,10H2,1H3,(H,19,22). The molecule has 1 fully saturated rings. The van der Waals surface area contributed by atoms with Gasteiger partial charge in [-0.05, 0) is 42.7 Å². The summed E-state index contributed by atoms with van der Waals surface area (Å²) in [5.74, 6) is -0.0450. The number of halogens is 1. The van der Waals surface area contributed by atoms with Crippen LogP contribution >= 0.6 is 11.6 Å². The maximum Gasteiger partial charge on any atom is 0.242 e. The van der Waals surface area contributed by atoms with Gasteiger partial charge in [-0.2, -0.15) is 0 Å². The summed E-state index contributed by atoms with van der Waals surface area (Å²) in [6.07, 6.45) is 0.711. The first kappa shape index (κ1) is 15.0. The Labute approximate surface area is 134 Å². The van der Waals surface area contributed by atoms with E-state index in [1.54, 1.807) is 6.07 Å². The Morgan fingerprint density at radius 3 is 2.68 bits per heavy atom. The van der Waals surface area contributed by atoms with Gasteiger partial charge in [0.05, 0.1) is 0 Å². The van der Waals surface area contributed by atoms with Crippen molar-refractivity contribution in [2.45, 2.75) is 25.4 Å². The van der Waals surface area contributed by atoms with Gasteiger partial charge in [-0.25, -0.2) is 10.9 Å². The Morgan fingerprint density at radius 1 is 1.18 bits per heavy atom. The average molecular weight is 316 g/mol. The van der Waals surface area contributed by atoms with Gasteiger partial charge in [0.2, 0.25) is 5.91 Å². The highest BCUT2D eigenvalue weighted by Crippen LogP contribution is 2.24. The van der Waals surface area contributed by atoms with Gasteiger partial charge >= 0.3 is 0 Å². The van der Waals surface area contributed by atoms with E-state index in [1.807, 2.05) is 37.3 Å². The molecule has 22 heavy (non-hydrogen) atoms. The molecule has 0 saturated carbocycles. The largest absolute Gasteiger partial charge is 0.324 e. The average Bonchev–Trinajstić information content (AvgIpc) is 3.01. The van der Waals surface area contributed by atoms with Crippen LogP contribution < -0.4 is 16.2 Å². The molecule has 3 rings (SSSR count). The summed E-state index contributed by atoms with van der Waals surface area (Å²) in [6, 6.07) is 15.4. The first-order valence-electron chi connectivity index (χ1n) is 7.26. The van der Waals surface area contributed by atoms with E-state index in [0.29, 0.717) is 11.4 Å². The molecule has 5 heteroatoms. The lowest BCUT2D eigenvalue weighted by atomic mass is 10.0. The highest BCUT2D eigenvalue weighted by molar-refractivity contribution is 6.30. The zero-order chi connectivity index (χ0) is 15.5. The van der Waals surface area contributed by atoms with E-state index in [0.717, 1.165) is 11.3 Å². The van der Waals surface area contributed by atoms with Crippen molar-refractivity contribution < 1.29 is 4.79 Å². The van der Waals surface area contributed by atoms with Crippen molar-refractivity contribution in [3.8, 4) is 0 Å². The van der Waals surface area contributed by atoms with Crippen molar-refractivity contribution in [1.82, 2.24) is 10.9 Å². The van der Waals surface area contributed by atoms with Crippen LogP contribution in [0.25, 0.3) is 0 Å². The summed E-state index contributed by atoms with van der Waals surface area (Å²) in [4.78, 5) is 12.4. The molecule has 1 saturated heterocycles. The van der Waals surface area contributed by atoms with Crippen LogP contribution in [0.3, 0.4) is 0 Å². The first-order chi connectivity index (χ1) is 10.6. The fourth-order valence-electron chi connectivity index (χ4n) is 2.62. The fraction of sp³-hybridized carbons (Fsp3) is 0.235. The van der Waals surface area contributed by atoms with Crippen LogP contribution in [0.5, 0.6) is 0 Å². The number of hydrazine groups is 1. The summed E-state index contributed by atoms with van der Waals surface area (Å²) in [5.41, 5.74) is 9.16. The molecule has 2 aromatic carbocycles. The molecule has 114 valence electrons. The number of hydrogen-bond acceptors (Lipinski definition) is 3. The van der Waals surface area contributed by atoms with E-state index in [-0.39, 0.29) is 18.0 Å². The van der Waals surface area contributed by atoms with Crippen molar-refractivity contribution >= 4 is 23.2 Å². The van der Waals surface area contributed by atoms with Crippen LogP contribution in [-0.4, -0.2) is 11.9 Å². The Bertz CT molecular complexity index is 675. The van der Waals surface area contributed by atoms with Gasteiger partial charge in [0.15, 0.2) is 0 Å². The third-order valence-electron chi connectivity index (χ3n) is 3.87. The minimum absolute atomic E-state index is 0.0450. The molecule has 3 N–H and O–H groups in total. The molecule has 4 nitrogen and oxygen atoms in total. The van der Waals surface area contributed by atoms with Crippen molar-refractivity contribution in [3.05, 3.63) is 64.7 Å². The maximum absolute atomic E-state index is 12.4.